The van der Waals surface area contributed by atoms with Crippen LogP contribution >= 0.6 is 22.9 Å². The van der Waals surface area contributed by atoms with E-state index in [2.05, 4.69) is 18.8 Å². The van der Waals surface area contributed by atoms with Crippen LogP contribution in [0.3, 0.4) is 0 Å². The van der Waals surface area contributed by atoms with Crippen molar-refractivity contribution in [3.8, 4) is 0 Å². The second-order valence-corrected chi connectivity index (χ2v) is 11.6. The van der Waals surface area contributed by atoms with E-state index in [-0.39, 0.29) is 17.9 Å². The molecule has 0 aliphatic carbocycles. The number of imidazole rings is 1. The Morgan fingerprint density at radius 2 is 1.90 bits per heavy atom. The Labute approximate surface area is 236 Å². The molecule has 0 radical (unpaired) electrons. The lowest BCUT2D eigenvalue weighted by Crippen LogP contribution is -2.38. The molecule has 1 atom stereocenters. The highest BCUT2D eigenvalue weighted by atomic mass is 35.5. The first-order valence-corrected chi connectivity index (χ1v) is 14.5. The molecule has 2 aromatic heterocycles. The minimum atomic E-state index is -2.66. The molecule has 0 N–H and O–H groups in total. The van der Waals surface area contributed by atoms with Crippen LogP contribution in [0.15, 0.2) is 58.9 Å². The molecule has 1 aliphatic heterocycles. The number of amides is 1. The van der Waals surface area contributed by atoms with Gasteiger partial charge in [-0.3, -0.25) is 14.4 Å². The lowest BCUT2D eigenvalue weighted by atomic mass is 9.94. The number of rotatable bonds is 7. The Balaban J connectivity index is 1.34. The molecule has 9 heteroatoms. The summed E-state index contributed by atoms with van der Waals surface area (Å²) in [7, 11) is 0. The molecule has 2 aromatic carbocycles. The smallest absolute Gasteiger partial charge is 0.320 e. The molecule has 1 amide bonds. The second kappa shape index (κ2) is 11.6. The van der Waals surface area contributed by atoms with Gasteiger partial charge >= 0.3 is 6.55 Å². The van der Waals surface area contributed by atoms with Crippen molar-refractivity contribution in [3.05, 3.63) is 86.3 Å². The predicted octanol–water partition coefficient (Wildman–Crippen LogP) is 8.11. The highest BCUT2D eigenvalue weighted by Gasteiger charge is 2.30. The Kier molecular flexibility index (Phi) is 8.14. The highest BCUT2D eigenvalue weighted by molar-refractivity contribution is 7.14. The number of piperidine rings is 1. The molecular weight excluding hydrogens is 538 g/mol. The lowest BCUT2D eigenvalue weighted by Gasteiger charge is -2.32. The maximum Gasteiger partial charge on any atom is 0.320 e. The van der Waals surface area contributed by atoms with Gasteiger partial charge in [0.25, 0.3) is 5.91 Å². The van der Waals surface area contributed by atoms with Gasteiger partial charge in [0.2, 0.25) is 0 Å². The van der Waals surface area contributed by atoms with Crippen molar-refractivity contribution in [2.75, 3.05) is 13.1 Å². The number of nitrogens with zero attached hydrogens (tertiary/aromatic N) is 4. The number of fused-ring (bicyclic) bond motifs is 1. The zero-order chi connectivity index (χ0) is 27.7. The first-order chi connectivity index (χ1) is 18.8. The summed E-state index contributed by atoms with van der Waals surface area (Å²) < 4.78 is 29.6. The van der Waals surface area contributed by atoms with Gasteiger partial charge in [0.15, 0.2) is 0 Å². The highest BCUT2D eigenvalue weighted by Crippen LogP contribution is 2.34. The number of halogens is 3. The minimum Gasteiger partial charge on any atom is -0.339 e. The van der Waals surface area contributed by atoms with Gasteiger partial charge in [-0.25, -0.2) is 4.98 Å². The van der Waals surface area contributed by atoms with Gasteiger partial charge in [-0.15, -0.1) is 11.3 Å². The SMILES string of the molecule is CCC(C)N=C(c1csc(Cl)c1)c1ccc(C(=O)N2CCC(c3nc4ccccc4n3C(F)F)CC2)cc1C. The molecule has 39 heavy (non-hydrogen) atoms. The third-order valence-electron chi connectivity index (χ3n) is 7.48. The summed E-state index contributed by atoms with van der Waals surface area (Å²) >= 11 is 7.69. The van der Waals surface area contributed by atoms with E-state index in [0.29, 0.717) is 52.7 Å². The maximum atomic E-state index is 13.9. The van der Waals surface area contributed by atoms with Crippen LogP contribution in [0.2, 0.25) is 4.34 Å². The third-order valence-corrected chi connectivity index (χ3v) is 8.57. The van der Waals surface area contributed by atoms with Gasteiger partial charge in [0.1, 0.15) is 5.82 Å². The number of hydrogen-bond donors (Lipinski definition) is 0. The van der Waals surface area contributed by atoms with Crippen LogP contribution in [-0.2, 0) is 0 Å². The number of benzene rings is 2. The number of likely N-dealkylation sites (tertiary alicyclic amines) is 1. The van der Waals surface area contributed by atoms with Crippen LogP contribution in [0, 0.1) is 6.92 Å². The van der Waals surface area contributed by atoms with E-state index in [1.54, 1.807) is 24.3 Å². The van der Waals surface area contributed by atoms with Crippen molar-refractivity contribution in [1.29, 1.82) is 0 Å². The number of para-hydroxylation sites is 2. The van der Waals surface area contributed by atoms with Gasteiger partial charge in [-0.2, -0.15) is 8.78 Å². The molecule has 5 rings (SSSR count). The molecular formula is C30H31ClF2N4OS. The Bertz CT molecular complexity index is 1520. The van der Waals surface area contributed by atoms with E-state index < -0.39 is 6.55 Å². The number of aliphatic imine (C=N–C) groups is 1. The molecule has 204 valence electrons. The van der Waals surface area contributed by atoms with Crippen molar-refractivity contribution in [2.24, 2.45) is 4.99 Å². The number of carbonyl (C=O) groups is 1. The van der Waals surface area contributed by atoms with Crippen molar-refractivity contribution in [3.63, 3.8) is 0 Å². The van der Waals surface area contributed by atoms with Crippen LogP contribution in [-0.4, -0.2) is 45.2 Å². The number of alkyl halides is 2. The minimum absolute atomic E-state index is 0.0514. The quantitative estimate of drug-likeness (QED) is 0.211. The third kappa shape index (κ3) is 5.63. The molecule has 0 saturated carbocycles. The fourth-order valence-electron chi connectivity index (χ4n) is 5.19. The van der Waals surface area contributed by atoms with Gasteiger partial charge < -0.3 is 4.90 Å². The van der Waals surface area contributed by atoms with E-state index in [9.17, 15) is 13.6 Å². The first kappa shape index (κ1) is 27.5. The molecule has 1 unspecified atom stereocenters. The molecule has 0 spiro atoms. The topological polar surface area (TPSA) is 50.5 Å². The largest absolute Gasteiger partial charge is 0.339 e. The number of thiophene rings is 1. The van der Waals surface area contributed by atoms with Crippen LogP contribution in [0.4, 0.5) is 8.78 Å². The Hall–Kier alpha value is -3.10. The Morgan fingerprint density at radius 3 is 2.54 bits per heavy atom. The maximum absolute atomic E-state index is 13.9. The molecule has 5 nitrogen and oxygen atoms in total. The van der Waals surface area contributed by atoms with E-state index in [1.807, 2.05) is 41.5 Å². The van der Waals surface area contributed by atoms with Crippen molar-refractivity contribution < 1.29 is 13.6 Å². The fourth-order valence-corrected chi connectivity index (χ4v) is 6.05. The summed E-state index contributed by atoms with van der Waals surface area (Å²) in [5.74, 6) is 0.223. The summed E-state index contributed by atoms with van der Waals surface area (Å²) in [5.41, 5.74) is 5.42. The van der Waals surface area contributed by atoms with E-state index in [0.717, 1.165) is 33.4 Å². The molecule has 0 bridgehead atoms. The van der Waals surface area contributed by atoms with Crippen LogP contribution in [0.5, 0.6) is 0 Å². The van der Waals surface area contributed by atoms with Crippen molar-refractivity contribution in [2.45, 2.75) is 58.5 Å². The normalized spacial score (nSPS) is 15.9. The number of aromatic nitrogens is 2. The lowest BCUT2D eigenvalue weighted by molar-refractivity contribution is 0.0634. The molecule has 1 saturated heterocycles. The van der Waals surface area contributed by atoms with Gasteiger partial charge in [0.05, 0.1) is 21.1 Å². The zero-order valence-corrected chi connectivity index (χ0v) is 23.8. The Morgan fingerprint density at radius 1 is 1.15 bits per heavy atom. The van der Waals surface area contributed by atoms with E-state index in [4.69, 9.17) is 16.6 Å². The van der Waals surface area contributed by atoms with Gasteiger partial charge in [-0.05, 0) is 69.0 Å². The summed E-state index contributed by atoms with van der Waals surface area (Å²) in [4.78, 5) is 24.7. The molecule has 1 fully saturated rings. The average molecular weight is 569 g/mol. The fraction of sp³-hybridized carbons (Fsp3) is 0.367. The number of hydrogen-bond acceptors (Lipinski definition) is 4. The predicted molar refractivity (Wildman–Crippen MR) is 155 cm³/mol. The van der Waals surface area contributed by atoms with E-state index in [1.165, 1.54) is 11.3 Å². The molecule has 1 aliphatic rings. The summed E-state index contributed by atoms with van der Waals surface area (Å²) in [6, 6.07) is 14.8. The average Bonchev–Trinajstić information content (AvgIpc) is 3.55. The van der Waals surface area contributed by atoms with Crippen LogP contribution in [0.1, 0.15) is 78.4 Å². The van der Waals surface area contributed by atoms with E-state index >= 15 is 0 Å². The number of carbonyl (C=O) groups excluding carboxylic acids is 1. The summed E-state index contributed by atoms with van der Waals surface area (Å²) in [6.45, 7) is 4.50. The summed E-state index contributed by atoms with van der Waals surface area (Å²) in [5, 5.41) is 2.01. The van der Waals surface area contributed by atoms with Gasteiger partial charge in [0, 0.05) is 47.1 Å². The summed E-state index contributed by atoms with van der Waals surface area (Å²) in [6.07, 6.45) is 2.09. The van der Waals surface area contributed by atoms with Crippen LogP contribution in [0.25, 0.3) is 11.0 Å². The second-order valence-electron chi connectivity index (χ2n) is 10.1. The monoisotopic (exact) mass is 568 g/mol. The standard InChI is InChI=1S/C30H31ClF2N4OS/c1-4-19(3)34-27(22-16-26(31)39-17-22)23-10-9-21(15-18(23)2)29(38)36-13-11-20(12-14-36)28-35-24-7-5-6-8-25(24)37(28)30(32)33/h5-10,15-17,19-20,30H,4,11-14H2,1-3H3. The van der Waals surface area contributed by atoms with Crippen LogP contribution < -0.4 is 0 Å². The molecule has 3 heterocycles. The van der Waals surface area contributed by atoms with Gasteiger partial charge in [-0.1, -0.05) is 36.7 Å². The molecule has 4 aromatic rings. The number of aryl methyl sites for hydroxylation is 1. The first-order valence-electron chi connectivity index (χ1n) is 13.2. The van der Waals surface area contributed by atoms with Crippen molar-refractivity contribution in [1.82, 2.24) is 14.5 Å². The zero-order valence-electron chi connectivity index (χ0n) is 22.2. The van der Waals surface area contributed by atoms with Crippen molar-refractivity contribution >= 4 is 45.6 Å².